The normalized spacial score (nSPS) is 14.4. The van der Waals surface area contributed by atoms with Gasteiger partial charge in [-0.15, -0.1) is 0 Å². The second-order valence-electron chi connectivity index (χ2n) is 4.98. The predicted octanol–water partition coefficient (Wildman–Crippen LogP) is 2.43. The van der Waals surface area contributed by atoms with E-state index in [4.69, 9.17) is 4.74 Å². The second kappa shape index (κ2) is 10.2. The van der Waals surface area contributed by atoms with Gasteiger partial charge in [0.05, 0.1) is 7.11 Å². The molecule has 0 saturated heterocycles. The molecule has 0 aromatic heterocycles. The van der Waals surface area contributed by atoms with Crippen molar-refractivity contribution < 1.29 is 9.53 Å². The van der Waals surface area contributed by atoms with Crippen LogP contribution in [0.1, 0.15) is 53.4 Å². The van der Waals surface area contributed by atoms with Crippen molar-refractivity contribution in [2.24, 2.45) is 0 Å². The number of hydrogen-bond donors (Lipinski definition) is 1. The number of carbonyl (C=O) groups is 1. The molecule has 0 aliphatic rings. The maximum absolute atomic E-state index is 12.1. The lowest BCUT2D eigenvalue weighted by molar-refractivity contribution is -0.149. The summed E-state index contributed by atoms with van der Waals surface area (Å²) in [7, 11) is 1.48. The van der Waals surface area contributed by atoms with Crippen LogP contribution in [0.2, 0.25) is 0 Å². The van der Waals surface area contributed by atoms with Crippen molar-refractivity contribution in [2.75, 3.05) is 33.3 Å². The van der Waals surface area contributed by atoms with Crippen molar-refractivity contribution in [1.29, 1.82) is 0 Å². The second-order valence-corrected chi connectivity index (χ2v) is 4.98. The molecule has 0 aliphatic carbocycles. The van der Waals surface area contributed by atoms with Crippen LogP contribution >= 0.6 is 0 Å². The van der Waals surface area contributed by atoms with Crippen molar-refractivity contribution in [3.63, 3.8) is 0 Å². The first-order valence-electron chi connectivity index (χ1n) is 7.65. The molecule has 0 fully saturated rings. The average molecular weight is 272 g/mol. The highest BCUT2D eigenvalue weighted by Crippen LogP contribution is 2.20. The molecule has 1 atom stereocenters. The van der Waals surface area contributed by atoms with E-state index in [1.807, 2.05) is 0 Å². The Morgan fingerprint density at radius 1 is 1.21 bits per heavy atom. The number of ether oxygens (including phenoxy) is 1. The van der Waals surface area contributed by atoms with Gasteiger partial charge >= 0.3 is 5.97 Å². The van der Waals surface area contributed by atoms with E-state index in [-0.39, 0.29) is 5.97 Å². The summed E-state index contributed by atoms with van der Waals surface area (Å²) in [6, 6.07) is 0. The van der Waals surface area contributed by atoms with Crippen LogP contribution in [0.5, 0.6) is 0 Å². The molecular weight excluding hydrogens is 240 g/mol. The predicted molar refractivity (Wildman–Crippen MR) is 80.4 cm³/mol. The van der Waals surface area contributed by atoms with E-state index in [9.17, 15) is 4.79 Å². The van der Waals surface area contributed by atoms with E-state index in [0.717, 1.165) is 51.9 Å². The molecule has 0 aromatic carbocycles. The maximum atomic E-state index is 12.1. The molecule has 4 nitrogen and oxygen atoms in total. The van der Waals surface area contributed by atoms with Gasteiger partial charge in [0.15, 0.2) is 0 Å². The fourth-order valence-electron chi connectivity index (χ4n) is 2.38. The summed E-state index contributed by atoms with van der Waals surface area (Å²) in [4.78, 5) is 14.4. The smallest absolute Gasteiger partial charge is 0.326 e. The number of carbonyl (C=O) groups excluding carboxylic acids is 1. The molecule has 0 heterocycles. The summed E-state index contributed by atoms with van der Waals surface area (Å²) in [5.74, 6) is -0.122. The van der Waals surface area contributed by atoms with Gasteiger partial charge in [-0.2, -0.15) is 0 Å². The van der Waals surface area contributed by atoms with Gasteiger partial charge in [-0.1, -0.05) is 40.5 Å². The van der Waals surface area contributed by atoms with Gasteiger partial charge in [0.1, 0.15) is 5.54 Å². The lowest BCUT2D eigenvalue weighted by atomic mass is 9.89. The molecule has 0 spiro atoms. The third kappa shape index (κ3) is 5.91. The van der Waals surface area contributed by atoms with Crippen LogP contribution in [-0.2, 0) is 9.53 Å². The third-order valence-electron chi connectivity index (χ3n) is 3.92. The minimum atomic E-state index is -0.502. The van der Waals surface area contributed by atoms with Crippen LogP contribution in [0.15, 0.2) is 0 Å². The van der Waals surface area contributed by atoms with Gasteiger partial charge < -0.3 is 15.0 Å². The molecule has 1 unspecified atom stereocenters. The molecule has 0 rings (SSSR count). The maximum Gasteiger partial charge on any atom is 0.326 e. The number of unbranched alkanes of at least 4 members (excludes halogenated alkanes) is 1. The van der Waals surface area contributed by atoms with Gasteiger partial charge in [-0.25, -0.2) is 0 Å². The SMILES string of the molecule is CCCCC(CC)(NCCN(CC)CC)C(=O)OC. The molecule has 0 bridgehead atoms. The minimum absolute atomic E-state index is 0.122. The summed E-state index contributed by atoms with van der Waals surface area (Å²) in [6.45, 7) is 12.4. The fraction of sp³-hybridized carbons (Fsp3) is 0.933. The summed E-state index contributed by atoms with van der Waals surface area (Å²) in [6.07, 6.45) is 3.76. The van der Waals surface area contributed by atoms with Crippen LogP contribution in [0.25, 0.3) is 0 Å². The summed E-state index contributed by atoms with van der Waals surface area (Å²) >= 11 is 0. The molecule has 114 valence electrons. The lowest BCUT2D eigenvalue weighted by Crippen LogP contribution is -2.54. The first kappa shape index (κ1) is 18.4. The Morgan fingerprint density at radius 3 is 2.26 bits per heavy atom. The number of rotatable bonds is 11. The molecule has 19 heavy (non-hydrogen) atoms. The van der Waals surface area contributed by atoms with E-state index < -0.39 is 5.54 Å². The molecule has 0 radical (unpaired) electrons. The zero-order chi connectivity index (χ0) is 14.7. The fourth-order valence-corrected chi connectivity index (χ4v) is 2.38. The summed E-state index contributed by atoms with van der Waals surface area (Å²) in [5, 5.41) is 3.45. The van der Waals surface area contributed by atoms with Crippen LogP contribution in [-0.4, -0.2) is 49.7 Å². The first-order chi connectivity index (χ1) is 9.10. The highest BCUT2D eigenvalue weighted by atomic mass is 16.5. The quantitative estimate of drug-likeness (QED) is 0.587. The number of methoxy groups -OCH3 is 1. The van der Waals surface area contributed by atoms with Crippen LogP contribution in [0.4, 0.5) is 0 Å². The topological polar surface area (TPSA) is 41.6 Å². The van der Waals surface area contributed by atoms with Crippen molar-refractivity contribution >= 4 is 5.97 Å². The lowest BCUT2D eigenvalue weighted by Gasteiger charge is -2.32. The molecule has 0 amide bonds. The van der Waals surface area contributed by atoms with E-state index in [1.54, 1.807) is 0 Å². The average Bonchev–Trinajstić information content (AvgIpc) is 2.46. The Hall–Kier alpha value is -0.610. The summed E-state index contributed by atoms with van der Waals surface area (Å²) in [5.41, 5.74) is -0.502. The van der Waals surface area contributed by atoms with E-state index in [1.165, 1.54) is 7.11 Å². The van der Waals surface area contributed by atoms with E-state index in [0.29, 0.717) is 0 Å². The Labute approximate surface area is 118 Å². The number of esters is 1. The molecular formula is C15H32N2O2. The van der Waals surface area contributed by atoms with Crippen LogP contribution < -0.4 is 5.32 Å². The van der Waals surface area contributed by atoms with E-state index >= 15 is 0 Å². The van der Waals surface area contributed by atoms with Crippen LogP contribution in [0, 0.1) is 0 Å². The largest absolute Gasteiger partial charge is 0.468 e. The molecule has 0 aromatic rings. The number of hydrogen-bond acceptors (Lipinski definition) is 4. The third-order valence-corrected chi connectivity index (χ3v) is 3.92. The van der Waals surface area contributed by atoms with Gasteiger partial charge in [0.2, 0.25) is 0 Å². The highest BCUT2D eigenvalue weighted by molar-refractivity contribution is 5.80. The van der Waals surface area contributed by atoms with Crippen molar-refractivity contribution in [2.45, 2.75) is 58.9 Å². The number of nitrogens with zero attached hydrogens (tertiary/aromatic N) is 1. The number of likely N-dealkylation sites (N-methyl/N-ethyl adjacent to an activating group) is 1. The van der Waals surface area contributed by atoms with Gasteiger partial charge in [0, 0.05) is 13.1 Å². The molecule has 0 aliphatic heterocycles. The zero-order valence-electron chi connectivity index (χ0n) is 13.4. The molecule has 4 heteroatoms. The van der Waals surface area contributed by atoms with Crippen molar-refractivity contribution in [3.05, 3.63) is 0 Å². The zero-order valence-corrected chi connectivity index (χ0v) is 13.4. The van der Waals surface area contributed by atoms with Gasteiger partial charge in [0.25, 0.3) is 0 Å². The Kier molecular flexibility index (Phi) is 9.88. The Bertz CT molecular complexity index is 242. The van der Waals surface area contributed by atoms with Gasteiger partial charge in [-0.3, -0.25) is 4.79 Å². The Morgan fingerprint density at radius 2 is 1.84 bits per heavy atom. The molecule has 0 saturated carbocycles. The summed E-state index contributed by atoms with van der Waals surface area (Å²) < 4.78 is 5.00. The van der Waals surface area contributed by atoms with E-state index in [2.05, 4.69) is 37.9 Å². The first-order valence-corrected chi connectivity index (χ1v) is 7.65. The monoisotopic (exact) mass is 272 g/mol. The highest BCUT2D eigenvalue weighted by Gasteiger charge is 2.36. The standard InChI is InChI=1S/C15H32N2O2/c1-6-10-11-15(7-2,14(18)19-5)16-12-13-17(8-3)9-4/h16H,6-13H2,1-5H3. The van der Waals surface area contributed by atoms with Gasteiger partial charge in [-0.05, 0) is 25.9 Å². The van der Waals surface area contributed by atoms with Crippen molar-refractivity contribution in [1.82, 2.24) is 10.2 Å². The van der Waals surface area contributed by atoms with Crippen molar-refractivity contribution in [3.8, 4) is 0 Å². The Balaban J connectivity index is 4.52. The minimum Gasteiger partial charge on any atom is -0.468 e. The number of nitrogens with one attached hydrogen (secondary N) is 1. The van der Waals surface area contributed by atoms with Crippen LogP contribution in [0.3, 0.4) is 0 Å². The molecule has 1 N–H and O–H groups in total.